The summed E-state index contributed by atoms with van der Waals surface area (Å²) in [6, 6.07) is 0. The van der Waals surface area contributed by atoms with E-state index in [1.54, 1.807) is 6.20 Å². The number of rotatable bonds is 7. The molecule has 2 heterocycles. The lowest BCUT2D eigenvalue weighted by atomic mass is 10.2. The smallest absolute Gasteiger partial charge is 0.223 e. The van der Waals surface area contributed by atoms with Crippen LogP contribution in [0.25, 0.3) is 0 Å². The van der Waals surface area contributed by atoms with E-state index in [0.717, 1.165) is 31.8 Å². The zero-order valence-electron chi connectivity index (χ0n) is 11.9. The molecule has 2 rings (SSSR count). The predicted octanol–water partition coefficient (Wildman–Crippen LogP) is 2.63. The van der Waals surface area contributed by atoms with Gasteiger partial charge in [-0.2, -0.15) is 0 Å². The number of aromatic nitrogens is 4. The Morgan fingerprint density at radius 1 is 1.25 bits per heavy atom. The fourth-order valence-electron chi connectivity index (χ4n) is 1.95. The van der Waals surface area contributed by atoms with Crippen molar-refractivity contribution in [2.24, 2.45) is 0 Å². The number of imidazole rings is 1. The molecule has 0 aliphatic carbocycles. The summed E-state index contributed by atoms with van der Waals surface area (Å²) in [6.45, 7) is 5.80. The highest BCUT2D eigenvalue weighted by molar-refractivity contribution is 5.26. The molecule has 0 spiro atoms. The zero-order chi connectivity index (χ0) is 14.4. The van der Waals surface area contributed by atoms with E-state index in [9.17, 15) is 4.39 Å². The second-order valence-corrected chi connectivity index (χ2v) is 4.63. The Labute approximate surface area is 118 Å². The van der Waals surface area contributed by atoms with Gasteiger partial charge in [-0.15, -0.1) is 0 Å². The number of nitrogens with one attached hydrogen (secondary N) is 1. The van der Waals surface area contributed by atoms with E-state index in [1.165, 1.54) is 6.20 Å². The SMILES string of the molecule is CCCNc1ncc(F)c(Cc2nccn2CCC)n1. The first kappa shape index (κ1) is 14.4. The molecule has 2 aromatic heterocycles. The lowest BCUT2D eigenvalue weighted by molar-refractivity contribution is 0.585. The van der Waals surface area contributed by atoms with Gasteiger partial charge in [-0.25, -0.2) is 19.3 Å². The van der Waals surface area contributed by atoms with Crippen LogP contribution in [-0.4, -0.2) is 26.1 Å². The van der Waals surface area contributed by atoms with Crippen LogP contribution in [0.1, 0.15) is 38.2 Å². The van der Waals surface area contributed by atoms with Gasteiger partial charge >= 0.3 is 0 Å². The van der Waals surface area contributed by atoms with E-state index in [-0.39, 0.29) is 0 Å². The van der Waals surface area contributed by atoms with E-state index in [4.69, 9.17) is 0 Å². The molecule has 20 heavy (non-hydrogen) atoms. The average molecular weight is 277 g/mol. The van der Waals surface area contributed by atoms with Gasteiger partial charge in [0.25, 0.3) is 0 Å². The van der Waals surface area contributed by atoms with E-state index in [0.29, 0.717) is 18.1 Å². The van der Waals surface area contributed by atoms with Crippen molar-refractivity contribution >= 4 is 5.95 Å². The van der Waals surface area contributed by atoms with Crippen LogP contribution < -0.4 is 5.32 Å². The minimum absolute atomic E-state index is 0.377. The summed E-state index contributed by atoms with van der Waals surface area (Å²) in [6.07, 6.45) is 7.22. The Morgan fingerprint density at radius 3 is 2.85 bits per heavy atom. The molecule has 108 valence electrons. The Bertz CT molecular complexity index is 552. The highest BCUT2D eigenvalue weighted by Gasteiger charge is 2.11. The third-order valence-electron chi connectivity index (χ3n) is 2.94. The topological polar surface area (TPSA) is 55.6 Å². The molecule has 0 atom stereocenters. The van der Waals surface area contributed by atoms with Crippen molar-refractivity contribution < 1.29 is 4.39 Å². The van der Waals surface area contributed by atoms with Crippen LogP contribution in [0.15, 0.2) is 18.6 Å². The van der Waals surface area contributed by atoms with Gasteiger partial charge in [0.2, 0.25) is 5.95 Å². The van der Waals surface area contributed by atoms with Gasteiger partial charge in [-0.3, -0.25) is 0 Å². The molecular weight excluding hydrogens is 257 g/mol. The molecule has 1 N–H and O–H groups in total. The van der Waals surface area contributed by atoms with E-state index >= 15 is 0 Å². The number of hydrogen-bond donors (Lipinski definition) is 1. The molecular formula is C14H20FN5. The maximum Gasteiger partial charge on any atom is 0.223 e. The molecule has 0 bridgehead atoms. The van der Waals surface area contributed by atoms with Gasteiger partial charge in [0, 0.05) is 25.5 Å². The minimum atomic E-state index is -0.391. The van der Waals surface area contributed by atoms with Crippen molar-refractivity contribution in [2.75, 3.05) is 11.9 Å². The average Bonchev–Trinajstić information content (AvgIpc) is 2.87. The van der Waals surface area contributed by atoms with Crippen molar-refractivity contribution in [3.8, 4) is 0 Å². The predicted molar refractivity (Wildman–Crippen MR) is 76.1 cm³/mol. The van der Waals surface area contributed by atoms with Crippen LogP contribution >= 0.6 is 0 Å². The summed E-state index contributed by atoms with van der Waals surface area (Å²) in [7, 11) is 0. The van der Waals surface area contributed by atoms with E-state index in [2.05, 4.69) is 34.1 Å². The number of nitrogens with zero attached hydrogens (tertiary/aromatic N) is 4. The molecule has 2 aromatic rings. The molecule has 0 aliphatic heterocycles. The summed E-state index contributed by atoms with van der Waals surface area (Å²) in [4.78, 5) is 12.5. The third-order valence-corrected chi connectivity index (χ3v) is 2.94. The van der Waals surface area contributed by atoms with E-state index < -0.39 is 5.82 Å². The highest BCUT2D eigenvalue weighted by atomic mass is 19.1. The van der Waals surface area contributed by atoms with Crippen LogP contribution in [-0.2, 0) is 13.0 Å². The molecule has 0 aliphatic rings. The molecule has 0 saturated carbocycles. The quantitative estimate of drug-likeness (QED) is 0.845. The molecule has 0 radical (unpaired) electrons. The van der Waals surface area contributed by atoms with Crippen LogP contribution in [0.4, 0.5) is 10.3 Å². The van der Waals surface area contributed by atoms with E-state index in [1.807, 2.05) is 10.8 Å². The summed E-state index contributed by atoms with van der Waals surface area (Å²) in [5.41, 5.74) is 0.377. The fourth-order valence-corrected chi connectivity index (χ4v) is 1.95. The number of hydrogen-bond acceptors (Lipinski definition) is 4. The first-order chi connectivity index (χ1) is 9.74. The Morgan fingerprint density at radius 2 is 2.10 bits per heavy atom. The Balaban J connectivity index is 2.17. The normalized spacial score (nSPS) is 10.8. The summed E-state index contributed by atoms with van der Waals surface area (Å²) in [5, 5.41) is 3.07. The Kier molecular flexibility index (Phi) is 5.03. The van der Waals surface area contributed by atoms with Gasteiger partial charge in [0.05, 0.1) is 18.3 Å². The monoisotopic (exact) mass is 277 g/mol. The first-order valence-electron chi connectivity index (χ1n) is 6.99. The van der Waals surface area contributed by atoms with Crippen molar-refractivity contribution in [2.45, 2.75) is 39.7 Å². The van der Waals surface area contributed by atoms with Crippen molar-refractivity contribution in [3.05, 3.63) is 35.9 Å². The standard InChI is InChI=1S/C14H20FN5/c1-3-5-17-14-18-10-11(15)12(19-14)9-13-16-6-8-20(13)7-4-2/h6,8,10H,3-5,7,9H2,1-2H3,(H,17,18,19). The van der Waals surface area contributed by atoms with Gasteiger partial charge in [-0.05, 0) is 12.8 Å². The summed E-state index contributed by atoms with van der Waals surface area (Å²) >= 11 is 0. The molecule has 0 unspecified atom stereocenters. The van der Waals surface area contributed by atoms with Crippen molar-refractivity contribution in [3.63, 3.8) is 0 Å². The number of halogens is 1. The largest absolute Gasteiger partial charge is 0.354 e. The van der Waals surface area contributed by atoms with Gasteiger partial charge in [0.15, 0.2) is 5.82 Å². The summed E-state index contributed by atoms with van der Waals surface area (Å²) in [5.74, 6) is 0.904. The highest BCUT2D eigenvalue weighted by Crippen LogP contribution is 2.12. The lowest BCUT2D eigenvalue weighted by Gasteiger charge is -2.08. The van der Waals surface area contributed by atoms with Gasteiger partial charge < -0.3 is 9.88 Å². The molecule has 0 amide bonds. The van der Waals surface area contributed by atoms with Gasteiger partial charge in [0.1, 0.15) is 5.82 Å². The third kappa shape index (κ3) is 3.53. The lowest BCUT2D eigenvalue weighted by Crippen LogP contribution is -2.10. The minimum Gasteiger partial charge on any atom is -0.354 e. The number of anilines is 1. The second kappa shape index (κ2) is 6.98. The fraction of sp³-hybridized carbons (Fsp3) is 0.500. The van der Waals surface area contributed by atoms with Crippen LogP contribution in [0.2, 0.25) is 0 Å². The van der Waals surface area contributed by atoms with Crippen LogP contribution in [0, 0.1) is 5.82 Å². The maximum atomic E-state index is 13.8. The first-order valence-corrected chi connectivity index (χ1v) is 6.99. The molecule has 0 aromatic carbocycles. The maximum absolute atomic E-state index is 13.8. The van der Waals surface area contributed by atoms with Crippen LogP contribution in [0.3, 0.4) is 0 Å². The summed E-state index contributed by atoms with van der Waals surface area (Å²) < 4.78 is 15.8. The zero-order valence-corrected chi connectivity index (χ0v) is 11.9. The van der Waals surface area contributed by atoms with Crippen molar-refractivity contribution in [1.29, 1.82) is 0 Å². The molecule has 5 nitrogen and oxygen atoms in total. The molecule has 6 heteroatoms. The Hall–Kier alpha value is -1.98. The van der Waals surface area contributed by atoms with Crippen LogP contribution in [0.5, 0.6) is 0 Å². The van der Waals surface area contributed by atoms with Gasteiger partial charge in [-0.1, -0.05) is 13.8 Å². The number of aryl methyl sites for hydroxylation is 1. The molecule has 0 fully saturated rings. The molecule has 0 saturated heterocycles. The second-order valence-electron chi connectivity index (χ2n) is 4.63. The van der Waals surface area contributed by atoms with Crippen molar-refractivity contribution in [1.82, 2.24) is 19.5 Å².